The zero-order chi connectivity index (χ0) is 13.7. The fourth-order valence-electron chi connectivity index (χ4n) is 1.89. The highest BCUT2D eigenvalue weighted by atomic mass is 16.4. The second kappa shape index (κ2) is 6.40. The fourth-order valence-corrected chi connectivity index (χ4v) is 1.89. The molecule has 1 atom stereocenters. The van der Waals surface area contributed by atoms with E-state index in [1.54, 1.807) is 12.1 Å². The van der Waals surface area contributed by atoms with E-state index in [-0.39, 0.29) is 0 Å². The van der Waals surface area contributed by atoms with Crippen LogP contribution in [0.15, 0.2) is 18.2 Å². The van der Waals surface area contributed by atoms with Gasteiger partial charge in [0.25, 0.3) is 0 Å². The Labute approximate surface area is 108 Å². The van der Waals surface area contributed by atoms with E-state index in [4.69, 9.17) is 10.8 Å². The van der Waals surface area contributed by atoms with Crippen LogP contribution in [0.2, 0.25) is 0 Å². The number of carbonyl (C=O) groups is 1. The molecule has 100 valence electrons. The number of nitrogens with one attached hydrogen (secondary N) is 1. The first-order chi connectivity index (χ1) is 8.47. The van der Waals surface area contributed by atoms with E-state index in [2.05, 4.69) is 19.2 Å². The summed E-state index contributed by atoms with van der Waals surface area (Å²) < 4.78 is 0. The molecule has 0 radical (unpaired) electrons. The summed E-state index contributed by atoms with van der Waals surface area (Å²) in [6.07, 6.45) is 0. The van der Waals surface area contributed by atoms with Crippen molar-refractivity contribution in [3.8, 4) is 0 Å². The maximum absolute atomic E-state index is 11.0. The van der Waals surface area contributed by atoms with Gasteiger partial charge in [-0.3, -0.25) is 0 Å². The zero-order valence-corrected chi connectivity index (χ0v) is 11.2. The molecule has 4 nitrogen and oxygen atoms in total. The van der Waals surface area contributed by atoms with Gasteiger partial charge in [-0.15, -0.1) is 0 Å². The Balaban J connectivity index is 2.79. The highest BCUT2D eigenvalue weighted by Gasteiger charge is 2.13. The summed E-state index contributed by atoms with van der Waals surface area (Å²) >= 11 is 0. The number of carboxylic acids is 1. The smallest absolute Gasteiger partial charge is 0.336 e. The van der Waals surface area contributed by atoms with Gasteiger partial charge in [-0.2, -0.15) is 0 Å². The van der Waals surface area contributed by atoms with Crippen molar-refractivity contribution in [1.29, 1.82) is 0 Å². The van der Waals surface area contributed by atoms with Gasteiger partial charge in [-0.1, -0.05) is 19.9 Å². The average molecular weight is 250 g/mol. The normalized spacial score (nSPS) is 12.5. The summed E-state index contributed by atoms with van der Waals surface area (Å²) in [6.45, 7) is 7.48. The maximum atomic E-state index is 11.0. The van der Waals surface area contributed by atoms with Crippen LogP contribution in [0.4, 0.5) is 5.69 Å². The van der Waals surface area contributed by atoms with Crippen molar-refractivity contribution >= 4 is 11.7 Å². The Hall–Kier alpha value is -1.55. The third-order valence-electron chi connectivity index (χ3n) is 3.36. The molecule has 1 aromatic rings. The van der Waals surface area contributed by atoms with Crippen molar-refractivity contribution in [1.82, 2.24) is 0 Å². The first-order valence-corrected chi connectivity index (χ1v) is 6.24. The third-order valence-corrected chi connectivity index (χ3v) is 3.36. The summed E-state index contributed by atoms with van der Waals surface area (Å²) in [5, 5.41) is 12.4. The molecule has 0 aromatic heterocycles. The van der Waals surface area contributed by atoms with Crippen molar-refractivity contribution in [3.63, 3.8) is 0 Å². The van der Waals surface area contributed by atoms with Gasteiger partial charge in [0.05, 0.1) is 5.56 Å². The molecule has 0 aliphatic rings. The van der Waals surface area contributed by atoms with Gasteiger partial charge >= 0.3 is 5.97 Å². The van der Waals surface area contributed by atoms with Crippen LogP contribution in [0.25, 0.3) is 0 Å². The van der Waals surface area contributed by atoms with E-state index in [0.29, 0.717) is 23.9 Å². The number of aromatic carboxylic acids is 1. The van der Waals surface area contributed by atoms with Gasteiger partial charge in [0.15, 0.2) is 0 Å². The van der Waals surface area contributed by atoms with Crippen LogP contribution in [0, 0.1) is 18.8 Å². The Morgan fingerprint density at radius 3 is 2.61 bits per heavy atom. The van der Waals surface area contributed by atoms with Crippen LogP contribution in [-0.2, 0) is 0 Å². The summed E-state index contributed by atoms with van der Waals surface area (Å²) in [5.74, 6) is -0.00117. The van der Waals surface area contributed by atoms with Gasteiger partial charge in [0.2, 0.25) is 0 Å². The first-order valence-electron chi connectivity index (χ1n) is 6.24. The summed E-state index contributed by atoms with van der Waals surface area (Å²) in [5.41, 5.74) is 7.70. The van der Waals surface area contributed by atoms with E-state index in [1.165, 1.54) is 0 Å². The number of anilines is 1. The van der Waals surface area contributed by atoms with Crippen LogP contribution in [0.5, 0.6) is 0 Å². The summed E-state index contributed by atoms with van der Waals surface area (Å²) in [4.78, 5) is 11.0. The van der Waals surface area contributed by atoms with Crippen LogP contribution >= 0.6 is 0 Å². The zero-order valence-electron chi connectivity index (χ0n) is 11.2. The molecule has 0 aliphatic heterocycles. The van der Waals surface area contributed by atoms with E-state index < -0.39 is 5.97 Å². The van der Waals surface area contributed by atoms with E-state index in [1.807, 2.05) is 13.0 Å². The Bertz CT molecular complexity index is 416. The number of benzene rings is 1. The molecule has 0 heterocycles. The number of hydrogen-bond acceptors (Lipinski definition) is 3. The van der Waals surface area contributed by atoms with Crippen molar-refractivity contribution in [2.24, 2.45) is 17.6 Å². The molecule has 0 saturated carbocycles. The molecule has 4 N–H and O–H groups in total. The first kappa shape index (κ1) is 14.5. The van der Waals surface area contributed by atoms with Crippen molar-refractivity contribution < 1.29 is 9.90 Å². The topological polar surface area (TPSA) is 75.3 Å². The quantitative estimate of drug-likeness (QED) is 0.724. The van der Waals surface area contributed by atoms with Gasteiger partial charge in [-0.25, -0.2) is 4.79 Å². The highest BCUT2D eigenvalue weighted by Crippen LogP contribution is 2.20. The maximum Gasteiger partial charge on any atom is 0.336 e. The molecule has 1 rings (SSSR count). The van der Waals surface area contributed by atoms with Crippen molar-refractivity contribution in [2.75, 3.05) is 18.4 Å². The molecular weight excluding hydrogens is 228 g/mol. The molecule has 0 spiro atoms. The van der Waals surface area contributed by atoms with Gasteiger partial charge < -0.3 is 16.2 Å². The van der Waals surface area contributed by atoms with E-state index in [0.717, 1.165) is 17.8 Å². The molecule has 1 unspecified atom stereocenters. The molecule has 4 heteroatoms. The summed E-state index contributed by atoms with van der Waals surface area (Å²) in [6, 6.07) is 5.27. The van der Waals surface area contributed by atoms with Gasteiger partial charge in [0, 0.05) is 12.2 Å². The SMILES string of the molecule is Cc1c(NCC(CN)C(C)C)cccc1C(=O)O. The minimum Gasteiger partial charge on any atom is -0.478 e. The number of nitrogens with two attached hydrogens (primary N) is 1. The molecule has 0 saturated heterocycles. The number of rotatable bonds is 6. The van der Waals surface area contributed by atoms with Crippen LogP contribution < -0.4 is 11.1 Å². The third kappa shape index (κ3) is 3.47. The minimum absolute atomic E-state index is 0.342. The largest absolute Gasteiger partial charge is 0.478 e. The fraction of sp³-hybridized carbons (Fsp3) is 0.500. The Kier molecular flexibility index (Phi) is 5.16. The lowest BCUT2D eigenvalue weighted by Crippen LogP contribution is -2.27. The molecule has 0 amide bonds. The van der Waals surface area contributed by atoms with Crippen molar-refractivity contribution in [2.45, 2.75) is 20.8 Å². The Morgan fingerprint density at radius 2 is 2.11 bits per heavy atom. The number of hydrogen-bond donors (Lipinski definition) is 3. The lowest BCUT2D eigenvalue weighted by molar-refractivity contribution is 0.0696. The van der Waals surface area contributed by atoms with Crippen molar-refractivity contribution in [3.05, 3.63) is 29.3 Å². The predicted molar refractivity (Wildman–Crippen MR) is 74.0 cm³/mol. The van der Waals surface area contributed by atoms with Crippen LogP contribution in [0.3, 0.4) is 0 Å². The van der Waals surface area contributed by atoms with Crippen LogP contribution in [-0.4, -0.2) is 24.2 Å². The highest BCUT2D eigenvalue weighted by molar-refractivity contribution is 5.91. The predicted octanol–water partition coefficient (Wildman–Crippen LogP) is 2.34. The van der Waals surface area contributed by atoms with Gasteiger partial charge in [-0.05, 0) is 43.0 Å². The van der Waals surface area contributed by atoms with Crippen LogP contribution in [0.1, 0.15) is 29.8 Å². The second-order valence-corrected chi connectivity index (χ2v) is 4.90. The van der Waals surface area contributed by atoms with E-state index in [9.17, 15) is 4.79 Å². The summed E-state index contributed by atoms with van der Waals surface area (Å²) in [7, 11) is 0. The molecule has 1 aromatic carbocycles. The Morgan fingerprint density at radius 1 is 1.44 bits per heavy atom. The molecule has 0 fully saturated rings. The monoisotopic (exact) mass is 250 g/mol. The molecule has 18 heavy (non-hydrogen) atoms. The second-order valence-electron chi connectivity index (χ2n) is 4.90. The number of carboxylic acid groups (broad SMARTS) is 1. The molecule has 0 bridgehead atoms. The lowest BCUT2D eigenvalue weighted by atomic mass is 9.95. The molecule has 0 aliphatic carbocycles. The lowest BCUT2D eigenvalue weighted by Gasteiger charge is -2.21. The van der Waals surface area contributed by atoms with Gasteiger partial charge in [0.1, 0.15) is 0 Å². The minimum atomic E-state index is -0.893. The standard InChI is InChI=1S/C14H22N2O2/c1-9(2)11(7-15)8-16-13-6-4-5-12(10(13)3)14(17)18/h4-6,9,11,16H,7-8,15H2,1-3H3,(H,17,18). The average Bonchev–Trinajstić information content (AvgIpc) is 2.31. The molecular formula is C14H22N2O2. The van der Waals surface area contributed by atoms with E-state index >= 15 is 0 Å².